The maximum atomic E-state index is 8.81. The molecule has 4 heteroatoms. The number of nitrogen functional groups attached to an aromatic ring is 1. The van der Waals surface area contributed by atoms with Crippen molar-refractivity contribution in [2.45, 2.75) is 6.23 Å². The second-order valence-electron chi connectivity index (χ2n) is 1.96. The third kappa shape index (κ3) is 1.43. The van der Waals surface area contributed by atoms with Crippen LogP contribution in [0.25, 0.3) is 0 Å². The fourth-order valence-corrected chi connectivity index (χ4v) is 0.627. The molecule has 10 heavy (non-hydrogen) atoms. The first-order valence-corrected chi connectivity index (χ1v) is 2.85. The quantitative estimate of drug-likeness (QED) is 0.463. The van der Waals surface area contributed by atoms with Crippen molar-refractivity contribution >= 4 is 5.69 Å². The Morgan fingerprint density at radius 3 is 2.70 bits per heavy atom. The van der Waals surface area contributed by atoms with Crippen LogP contribution in [0.2, 0.25) is 0 Å². The summed E-state index contributed by atoms with van der Waals surface area (Å²) in [6.45, 7) is 0. The molecule has 5 N–H and O–H groups in total. The van der Waals surface area contributed by atoms with Gasteiger partial charge in [-0.15, -0.1) is 0 Å². The molecule has 4 nitrogen and oxygen atoms in total. The highest BCUT2D eigenvalue weighted by Crippen LogP contribution is 2.06. The van der Waals surface area contributed by atoms with Gasteiger partial charge < -0.3 is 16.6 Å². The zero-order chi connectivity index (χ0) is 7.56. The van der Waals surface area contributed by atoms with E-state index >= 15 is 0 Å². The predicted octanol–water partition coefficient (Wildman–Crippen LogP) is -0.387. The van der Waals surface area contributed by atoms with Crippen LogP contribution in [0.3, 0.4) is 0 Å². The molecule has 0 spiro atoms. The zero-order valence-electron chi connectivity index (χ0n) is 5.36. The van der Waals surface area contributed by atoms with E-state index in [0.717, 1.165) is 0 Å². The summed E-state index contributed by atoms with van der Waals surface area (Å²) >= 11 is 0. The normalized spacial score (nSPS) is 13.0. The van der Waals surface area contributed by atoms with E-state index in [1.807, 2.05) is 0 Å². The van der Waals surface area contributed by atoms with E-state index < -0.39 is 6.23 Å². The van der Waals surface area contributed by atoms with Gasteiger partial charge in [0.1, 0.15) is 6.23 Å². The van der Waals surface area contributed by atoms with Crippen LogP contribution in [0.15, 0.2) is 18.3 Å². The van der Waals surface area contributed by atoms with E-state index in [4.69, 9.17) is 16.6 Å². The molecule has 1 unspecified atom stereocenters. The molecular formula is C6H9N3O. The average Bonchev–Trinajstić information content (AvgIpc) is 1.88. The van der Waals surface area contributed by atoms with Crippen molar-refractivity contribution in [2.24, 2.45) is 5.73 Å². The van der Waals surface area contributed by atoms with E-state index in [1.54, 1.807) is 6.07 Å². The SMILES string of the molecule is Nc1ccnc(C(N)O)c1. The van der Waals surface area contributed by atoms with E-state index in [-0.39, 0.29) is 0 Å². The molecule has 0 aliphatic rings. The van der Waals surface area contributed by atoms with Crippen LogP contribution in [0.5, 0.6) is 0 Å². The van der Waals surface area contributed by atoms with E-state index in [2.05, 4.69) is 4.98 Å². The number of rotatable bonds is 1. The van der Waals surface area contributed by atoms with Crippen LogP contribution in [-0.4, -0.2) is 10.1 Å². The van der Waals surface area contributed by atoms with Crippen molar-refractivity contribution in [3.8, 4) is 0 Å². The topological polar surface area (TPSA) is 85.2 Å². The molecule has 0 bridgehead atoms. The number of hydrogen-bond acceptors (Lipinski definition) is 4. The first-order valence-electron chi connectivity index (χ1n) is 2.85. The lowest BCUT2D eigenvalue weighted by Gasteiger charge is -2.02. The van der Waals surface area contributed by atoms with Crippen molar-refractivity contribution in [1.82, 2.24) is 4.98 Å². The van der Waals surface area contributed by atoms with Gasteiger partial charge in [0.25, 0.3) is 0 Å². The summed E-state index contributed by atoms with van der Waals surface area (Å²) in [5, 5.41) is 8.81. The molecule has 0 fully saturated rings. The van der Waals surface area contributed by atoms with Crippen molar-refractivity contribution in [1.29, 1.82) is 0 Å². The number of nitrogens with two attached hydrogens (primary N) is 2. The van der Waals surface area contributed by atoms with Gasteiger partial charge >= 0.3 is 0 Å². The summed E-state index contributed by atoms with van der Waals surface area (Å²) in [5.41, 5.74) is 11.4. The maximum Gasteiger partial charge on any atom is 0.145 e. The van der Waals surface area contributed by atoms with Crippen LogP contribution >= 0.6 is 0 Å². The Kier molecular flexibility index (Phi) is 1.84. The second-order valence-corrected chi connectivity index (χ2v) is 1.96. The molecule has 0 saturated carbocycles. The van der Waals surface area contributed by atoms with Crippen LogP contribution in [0.1, 0.15) is 11.9 Å². The highest BCUT2D eigenvalue weighted by atomic mass is 16.3. The Labute approximate surface area is 58.5 Å². The number of hydrogen-bond donors (Lipinski definition) is 3. The Balaban J connectivity index is 2.96. The first kappa shape index (κ1) is 6.98. The minimum absolute atomic E-state index is 0.389. The Morgan fingerprint density at radius 1 is 1.60 bits per heavy atom. The predicted molar refractivity (Wildman–Crippen MR) is 37.8 cm³/mol. The lowest BCUT2D eigenvalue weighted by atomic mass is 10.3. The van der Waals surface area contributed by atoms with Gasteiger partial charge in [0, 0.05) is 11.9 Å². The Bertz CT molecular complexity index is 224. The maximum absolute atomic E-state index is 8.81. The number of aliphatic hydroxyl groups excluding tert-OH is 1. The first-order chi connectivity index (χ1) is 4.70. The summed E-state index contributed by atoms with van der Waals surface area (Å²) in [6, 6.07) is 3.16. The van der Waals surface area contributed by atoms with Crippen molar-refractivity contribution in [2.75, 3.05) is 5.73 Å². The van der Waals surface area contributed by atoms with Crippen LogP contribution < -0.4 is 11.5 Å². The van der Waals surface area contributed by atoms with Gasteiger partial charge in [-0.2, -0.15) is 0 Å². The van der Waals surface area contributed by atoms with Gasteiger partial charge in [-0.3, -0.25) is 4.98 Å². The molecule has 1 rings (SSSR count). The minimum atomic E-state index is -1.04. The van der Waals surface area contributed by atoms with Gasteiger partial charge in [0.15, 0.2) is 0 Å². The molecule has 0 radical (unpaired) electrons. The van der Waals surface area contributed by atoms with Gasteiger partial charge in [-0.05, 0) is 12.1 Å². The number of aromatic nitrogens is 1. The van der Waals surface area contributed by atoms with Crippen LogP contribution in [0.4, 0.5) is 5.69 Å². The molecule has 54 valence electrons. The third-order valence-electron chi connectivity index (χ3n) is 1.11. The molecule has 0 aliphatic carbocycles. The Hall–Kier alpha value is -1.13. The van der Waals surface area contributed by atoms with Crippen molar-refractivity contribution in [3.63, 3.8) is 0 Å². The molecule has 0 aliphatic heterocycles. The lowest BCUT2D eigenvalue weighted by molar-refractivity contribution is 0.181. The fraction of sp³-hybridized carbons (Fsp3) is 0.167. The standard InChI is InChI=1S/C6H9N3O/c7-4-1-2-9-5(3-4)6(8)10/h1-3,6,10H,8H2,(H2,7,9). The smallest absolute Gasteiger partial charge is 0.145 e. The molecule has 1 aromatic rings. The molecule has 0 amide bonds. The number of aliphatic hydroxyl groups is 1. The van der Waals surface area contributed by atoms with Crippen LogP contribution in [0, 0.1) is 0 Å². The van der Waals surface area contributed by atoms with E-state index in [9.17, 15) is 0 Å². The zero-order valence-corrected chi connectivity index (χ0v) is 5.36. The number of nitrogens with zero attached hydrogens (tertiary/aromatic N) is 1. The van der Waals surface area contributed by atoms with Gasteiger partial charge in [0.2, 0.25) is 0 Å². The van der Waals surface area contributed by atoms with Gasteiger partial charge in [-0.1, -0.05) is 0 Å². The second kappa shape index (κ2) is 2.64. The number of pyridine rings is 1. The largest absolute Gasteiger partial charge is 0.399 e. The third-order valence-corrected chi connectivity index (χ3v) is 1.11. The fourth-order valence-electron chi connectivity index (χ4n) is 0.627. The molecule has 1 heterocycles. The summed E-state index contributed by atoms with van der Waals surface area (Å²) in [7, 11) is 0. The number of anilines is 1. The average molecular weight is 139 g/mol. The van der Waals surface area contributed by atoms with Gasteiger partial charge in [0.05, 0.1) is 5.69 Å². The summed E-state index contributed by atoms with van der Waals surface area (Å²) < 4.78 is 0. The molecule has 0 saturated heterocycles. The Morgan fingerprint density at radius 2 is 2.30 bits per heavy atom. The monoisotopic (exact) mass is 139 g/mol. The van der Waals surface area contributed by atoms with Crippen molar-refractivity contribution in [3.05, 3.63) is 24.0 Å². The summed E-state index contributed by atoms with van der Waals surface area (Å²) in [6.07, 6.45) is 0.462. The van der Waals surface area contributed by atoms with E-state index in [0.29, 0.717) is 11.4 Å². The van der Waals surface area contributed by atoms with Crippen LogP contribution in [-0.2, 0) is 0 Å². The molecule has 1 aromatic heterocycles. The minimum Gasteiger partial charge on any atom is -0.399 e. The van der Waals surface area contributed by atoms with Crippen molar-refractivity contribution < 1.29 is 5.11 Å². The van der Waals surface area contributed by atoms with E-state index in [1.165, 1.54) is 12.3 Å². The van der Waals surface area contributed by atoms with Gasteiger partial charge in [-0.25, -0.2) is 0 Å². The molecular weight excluding hydrogens is 130 g/mol. The summed E-state index contributed by atoms with van der Waals surface area (Å²) in [5.74, 6) is 0. The lowest BCUT2D eigenvalue weighted by Crippen LogP contribution is -2.10. The highest BCUT2D eigenvalue weighted by Gasteiger charge is 2.00. The highest BCUT2D eigenvalue weighted by molar-refractivity contribution is 5.37. The molecule has 1 atom stereocenters. The molecule has 0 aromatic carbocycles. The summed E-state index contributed by atoms with van der Waals surface area (Å²) in [4.78, 5) is 3.78.